The Balaban J connectivity index is 2.15. The second kappa shape index (κ2) is 6.59. The Morgan fingerprint density at radius 2 is 1.96 bits per heavy atom. The topological polar surface area (TPSA) is 59.3 Å². The summed E-state index contributed by atoms with van der Waals surface area (Å²) in [7, 11) is 0. The van der Waals surface area contributed by atoms with Gasteiger partial charge in [0, 0.05) is 6.54 Å². The lowest BCUT2D eigenvalue weighted by Crippen LogP contribution is -2.30. The molecule has 0 fully saturated rings. The van der Waals surface area contributed by atoms with Crippen LogP contribution in [0.25, 0.3) is 0 Å². The Bertz CT molecular complexity index is 784. The third-order valence-corrected chi connectivity index (χ3v) is 4.20. The van der Waals surface area contributed by atoms with Crippen LogP contribution < -0.4 is 5.32 Å². The van der Waals surface area contributed by atoms with E-state index in [0.717, 1.165) is 35.6 Å². The highest BCUT2D eigenvalue weighted by Crippen LogP contribution is 2.32. The van der Waals surface area contributed by atoms with Crippen molar-refractivity contribution in [3.8, 4) is 0 Å². The molecular formula is C19H24N4O. The van der Waals surface area contributed by atoms with Gasteiger partial charge in [0.15, 0.2) is 5.69 Å². The maximum absolute atomic E-state index is 12.6. The molecule has 0 saturated heterocycles. The van der Waals surface area contributed by atoms with Crippen LogP contribution in [0.1, 0.15) is 60.4 Å². The maximum Gasteiger partial charge on any atom is 0.272 e. The SMILES string of the molecule is CCCn1nc(C(C)C)c2c1C(=O)NCC(c1ccc(C)cc1)=N2. The molecule has 1 aromatic heterocycles. The normalized spacial score (nSPS) is 14.2. The molecule has 0 atom stereocenters. The third-order valence-electron chi connectivity index (χ3n) is 4.20. The number of aromatic nitrogens is 2. The number of fused-ring (bicyclic) bond motifs is 1. The van der Waals surface area contributed by atoms with E-state index in [9.17, 15) is 4.79 Å². The number of hydrogen-bond donors (Lipinski definition) is 1. The van der Waals surface area contributed by atoms with Crippen LogP contribution in [0.5, 0.6) is 0 Å². The summed E-state index contributed by atoms with van der Waals surface area (Å²) < 4.78 is 1.81. The molecule has 1 aliphatic heterocycles. The van der Waals surface area contributed by atoms with Crippen LogP contribution >= 0.6 is 0 Å². The van der Waals surface area contributed by atoms with E-state index >= 15 is 0 Å². The molecule has 0 aliphatic carbocycles. The van der Waals surface area contributed by atoms with E-state index in [2.05, 4.69) is 62.4 Å². The predicted octanol–water partition coefficient (Wildman–Crippen LogP) is 3.59. The Hall–Kier alpha value is -2.43. The number of carbonyl (C=O) groups excluding carboxylic acids is 1. The van der Waals surface area contributed by atoms with Crippen molar-refractivity contribution in [2.45, 2.75) is 46.6 Å². The molecule has 5 heteroatoms. The second-order valence-electron chi connectivity index (χ2n) is 6.57. The summed E-state index contributed by atoms with van der Waals surface area (Å²) in [6.45, 7) is 9.46. The van der Waals surface area contributed by atoms with Crippen LogP contribution in [0.4, 0.5) is 5.69 Å². The van der Waals surface area contributed by atoms with E-state index in [0.29, 0.717) is 12.2 Å². The van der Waals surface area contributed by atoms with Crippen molar-refractivity contribution in [3.63, 3.8) is 0 Å². The molecule has 1 amide bonds. The number of carbonyl (C=O) groups is 1. The van der Waals surface area contributed by atoms with Crippen LogP contribution in [0.15, 0.2) is 29.3 Å². The van der Waals surface area contributed by atoms with Crippen molar-refractivity contribution in [2.75, 3.05) is 6.54 Å². The molecule has 0 unspecified atom stereocenters. The minimum atomic E-state index is -0.0938. The lowest BCUT2D eigenvalue weighted by atomic mass is 10.1. The van der Waals surface area contributed by atoms with Crippen molar-refractivity contribution >= 4 is 17.3 Å². The molecule has 0 spiro atoms. The van der Waals surface area contributed by atoms with Gasteiger partial charge in [0.2, 0.25) is 0 Å². The Morgan fingerprint density at radius 1 is 1.25 bits per heavy atom. The van der Waals surface area contributed by atoms with Gasteiger partial charge in [0.1, 0.15) is 5.69 Å². The number of aryl methyl sites for hydroxylation is 2. The van der Waals surface area contributed by atoms with Gasteiger partial charge in [-0.2, -0.15) is 5.10 Å². The number of nitrogens with one attached hydrogen (secondary N) is 1. The monoisotopic (exact) mass is 324 g/mol. The minimum absolute atomic E-state index is 0.0938. The molecule has 1 N–H and O–H groups in total. The Kier molecular flexibility index (Phi) is 4.51. The molecule has 2 heterocycles. The number of benzene rings is 1. The quantitative estimate of drug-likeness (QED) is 0.934. The lowest BCUT2D eigenvalue weighted by Gasteiger charge is -2.07. The van der Waals surface area contributed by atoms with Crippen molar-refractivity contribution in [1.29, 1.82) is 0 Å². The molecule has 0 radical (unpaired) electrons. The van der Waals surface area contributed by atoms with Crippen LogP contribution in [0.2, 0.25) is 0 Å². The first-order valence-corrected chi connectivity index (χ1v) is 8.54. The van der Waals surface area contributed by atoms with Crippen molar-refractivity contribution < 1.29 is 4.79 Å². The van der Waals surface area contributed by atoms with E-state index in [1.165, 1.54) is 5.56 Å². The number of nitrogens with zero attached hydrogens (tertiary/aromatic N) is 3. The molecule has 1 aromatic carbocycles. The summed E-state index contributed by atoms with van der Waals surface area (Å²) in [5, 5.41) is 7.65. The van der Waals surface area contributed by atoms with E-state index in [1.54, 1.807) is 0 Å². The van der Waals surface area contributed by atoms with E-state index in [4.69, 9.17) is 4.99 Å². The lowest BCUT2D eigenvalue weighted by molar-refractivity contribution is 0.0950. The summed E-state index contributed by atoms with van der Waals surface area (Å²) in [6.07, 6.45) is 0.924. The van der Waals surface area contributed by atoms with E-state index in [-0.39, 0.29) is 11.8 Å². The predicted molar refractivity (Wildman–Crippen MR) is 96.3 cm³/mol. The van der Waals surface area contributed by atoms with Gasteiger partial charge >= 0.3 is 0 Å². The van der Waals surface area contributed by atoms with Crippen LogP contribution in [0, 0.1) is 6.92 Å². The first-order chi connectivity index (χ1) is 11.5. The molecule has 24 heavy (non-hydrogen) atoms. The maximum atomic E-state index is 12.6. The molecule has 1 aliphatic rings. The zero-order valence-electron chi connectivity index (χ0n) is 14.8. The highest BCUT2D eigenvalue weighted by atomic mass is 16.2. The summed E-state index contributed by atoms with van der Waals surface area (Å²) in [5.41, 5.74) is 5.31. The molecule has 0 saturated carbocycles. The Morgan fingerprint density at radius 3 is 2.58 bits per heavy atom. The largest absolute Gasteiger partial charge is 0.345 e. The second-order valence-corrected chi connectivity index (χ2v) is 6.57. The van der Waals surface area contributed by atoms with Crippen LogP contribution in [-0.2, 0) is 6.54 Å². The van der Waals surface area contributed by atoms with Gasteiger partial charge in [-0.25, -0.2) is 4.99 Å². The average molecular weight is 324 g/mol. The fourth-order valence-electron chi connectivity index (χ4n) is 2.90. The average Bonchev–Trinajstić information content (AvgIpc) is 2.81. The highest BCUT2D eigenvalue weighted by Gasteiger charge is 2.27. The third kappa shape index (κ3) is 2.98. The summed E-state index contributed by atoms with van der Waals surface area (Å²) in [6, 6.07) is 8.23. The van der Waals surface area contributed by atoms with Crippen molar-refractivity contribution in [1.82, 2.24) is 15.1 Å². The summed E-state index contributed by atoms with van der Waals surface area (Å²) in [5.74, 6) is 0.120. The molecule has 5 nitrogen and oxygen atoms in total. The zero-order chi connectivity index (χ0) is 17.3. The highest BCUT2D eigenvalue weighted by molar-refractivity contribution is 6.10. The molecule has 0 bridgehead atoms. The van der Waals surface area contributed by atoms with Gasteiger partial charge in [0.05, 0.1) is 18.0 Å². The van der Waals surface area contributed by atoms with Crippen LogP contribution in [0.3, 0.4) is 0 Å². The number of aliphatic imine (C=N–C) groups is 1. The van der Waals surface area contributed by atoms with Gasteiger partial charge in [-0.3, -0.25) is 9.48 Å². The standard InChI is InChI=1S/C19H24N4O/c1-5-10-23-18-17(16(22-23)12(2)3)21-15(11-20-19(18)24)14-8-6-13(4)7-9-14/h6-9,12H,5,10-11H2,1-4H3,(H,20,24). The van der Waals surface area contributed by atoms with Crippen molar-refractivity contribution in [2.24, 2.45) is 4.99 Å². The summed E-state index contributed by atoms with van der Waals surface area (Å²) in [4.78, 5) is 17.5. The molecule has 126 valence electrons. The zero-order valence-corrected chi connectivity index (χ0v) is 14.8. The molecule has 3 rings (SSSR count). The van der Waals surface area contributed by atoms with Gasteiger partial charge in [-0.1, -0.05) is 50.6 Å². The van der Waals surface area contributed by atoms with E-state index in [1.807, 2.05) is 4.68 Å². The van der Waals surface area contributed by atoms with Crippen molar-refractivity contribution in [3.05, 3.63) is 46.8 Å². The van der Waals surface area contributed by atoms with Gasteiger partial charge in [0.25, 0.3) is 5.91 Å². The van der Waals surface area contributed by atoms with Gasteiger partial charge in [-0.15, -0.1) is 0 Å². The van der Waals surface area contributed by atoms with E-state index < -0.39 is 0 Å². The fraction of sp³-hybridized carbons (Fsp3) is 0.421. The fourth-order valence-corrected chi connectivity index (χ4v) is 2.90. The number of amides is 1. The first kappa shape index (κ1) is 16.4. The number of rotatable bonds is 4. The van der Waals surface area contributed by atoms with Gasteiger partial charge < -0.3 is 5.32 Å². The summed E-state index contributed by atoms with van der Waals surface area (Å²) >= 11 is 0. The molecule has 2 aromatic rings. The first-order valence-electron chi connectivity index (χ1n) is 8.54. The number of hydrogen-bond acceptors (Lipinski definition) is 3. The Labute approximate surface area is 142 Å². The van der Waals surface area contributed by atoms with Gasteiger partial charge in [-0.05, 0) is 24.8 Å². The van der Waals surface area contributed by atoms with Crippen LogP contribution in [-0.4, -0.2) is 27.9 Å². The molecular weight excluding hydrogens is 300 g/mol. The smallest absolute Gasteiger partial charge is 0.272 e. The minimum Gasteiger partial charge on any atom is -0.345 e.